The first kappa shape index (κ1) is 20.2. The summed E-state index contributed by atoms with van der Waals surface area (Å²) in [6.45, 7) is 0. The number of ketones is 2. The second-order valence-corrected chi connectivity index (χ2v) is 9.21. The number of imide groups is 1. The number of benzene rings is 3. The van der Waals surface area contributed by atoms with Crippen LogP contribution in [0.5, 0.6) is 0 Å². The quantitative estimate of drug-likeness (QED) is 0.389. The number of hydrogen-bond donors (Lipinski definition) is 0. The van der Waals surface area contributed by atoms with Crippen molar-refractivity contribution >= 4 is 45.0 Å². The van der Waals surface area contributed by atoms with E-state index in [2.05, 4.69) is 15.9 Å². The van der Waals surface area contributed by atoms with Crippen LogP contribution in [-0.2, 0) is 14.3 Å². The molecule has 0 aromatic heterocycles. The van der Waals surface area contributed by atoms with Crippen molar-refractivity contribution in [2.75, 3.05) is 4.90 Å². The van der Waals surface area contributed by atoms with Gasteiger partial charge in [0.15, 0.2) is 0 Å². The average molecular weight is 502 g/mol. The number of fused-ring (bicyclic) bond motifs is 3. The van der Waals surface area contributed by atoms with Gasteiger partial charge >= 0.3 is 0 Å². The molecule has 2 aliphatic heterocycles. The molecule has 3 unspecified atom stereocenters. The smallest absolute Gasteiger partial charge is 0.241 e. The van der Waals surface area contributed by atoms with E-state index in [0.717, 1.165) is 4.90 Å². The molecule has 6 nitrogen and oxygen atoms in total. The van der Waals surface area contributed by atoms with E-state index in [1.54, 1.807) is 72.8 Å². The highest BCUT2D eigenvalue weighted by atomic mass is 79.9. The molecular formula is C26H16BrNO5. The van der Waals surface area contributed by atoms with E-state index in [-0.39, 0.29) is 11.1 Å². The number of amides is 2. The molecule has 0 N–H and O–H groups in total. The summed E-state index contributed by atoms with van der Waals surface area (Å²) in [7, 11) is 0. The lowest BCUT2D eigenvalue weighted by Gasteiger charge is -2.27. The molecule has 3 aromatic carbocycles. The number of carbonyl (C=O) groups is 4. The summed E-state index contributed by atoms with van der Waals surface area (Å²) < 4.78 is 6.81. The fourth-order valence-corrected chi connectivity index (χ4v) is 5.79. The minimum atomic E-state index is -2.06. The average Bonchev–Trinajstić information content (AvgIpc) is 3.40. The zero-order chi connectivity index (χ0) is 22.9. The lowest BCUT2D eigenvalue weighted by molar-refractivity contribution is -0.127. The summed E-state index contributed by atoms with van der Waals surface area (Å²) in [5.41, 5.74) is -0.614. The third-order valence-electron chi connectivity index (χ3n) is 6.74. The summed E-state index contributed by atoms with van der Waals surface area (Å²) in [4.78, 5) is 56.0. The van der Waals surface area contributed by atoms with Crippen LogP contribution in [0.1, 0.15) is 32.4 Å². The van der Waals surface area contributed by atoms with E-state index in [4.69, 9.17) is 4.74 Å². The lowest BCUT2D eigenvalue weighted by Crippen LogP contribution is -2.51. The number of para-hydroxylation sites is 1. The number of hydrogen-bond acceptors (Lipinski definition) is 5. The molecule has 3 aromatic rings. The Bertz CT molecular complexity index is 1330. The summed E-state index contributed by atoms with van der Waals surface area (Å²) in [6, 6.07) is 22.3. The van der Waals surface area contributed by atoms with E-state index in [0.29, 0.717) is 15.7 Å². The van der Waals surface area contributed by atoms with Crippen molar-refractivity contribution in [2.45, 2.75) is 11.7 Å². The maximum atomic E-state index is 13.8. The molecular weight excluding hydrogens is 486 g/mol. The van der Waals surface area contributed by atoms with Crippen molar-refractivity contribution < 1.29 is 23.9 Å². The van der Waals surface area contributed by atoms with Gasteiger partial charge in [-0.15, -0.1) is 0 Å². The molecule has 2 heterocycles. The van der Waals surface area contributed by atoms with Gasteiger partial charge in [-0.2, -0.15) is 0 Å². The molecule has 3 atom stereocenters. The maximum absolute atomic E-state index is 13.8. The van der Waals surface area contributed by atoms with Gasteiger partial charge < -0.3 is 4.74 Å². The number of halogens is 1. The van der Waals surface area contributed by atoms with Gasteiger partial charge in [0, 0.05) is 15.6 Å². The van der Waals surface area contributed by atoms with Crippen LogP contribution in [0.25, 0.3) is 0 Å². The topological polar surface area (TPSA) is 80.8 Å². The molecule has 33 heavy (non-hydrogen) atoms. The number of carbonyl (C=O) groups excluding carboxylic acids is 4. The fraction of sp³-hybridized carbons (Fsp3) is 0.154. The van der Waals surface area contributed by atoms with Crippen molar-refractivity contribution in [3.63, 3.8) is 0 Å². The molecule has 7 heteroatoms. The number of Topliss-reactive ketones (excluding diaryl/α,β-unsaturated/α-hetero) is 2. The Kier molecular flexibility index (Phi) is 4.31. The van der Waals surface area contributed by atoms with Crippen LogP contribution < -0.4 is 4.90 Å². The van der Waals surface area contributed by atoms with E-state index < -0.39 is 46.9 Å². The molecule has 6 rings (SSSR count). The standard InChI is InChI=1S/C26H16BrNO5/c27-17-12-6-7-13-18(17)28-24(31)19-20(25(28)32)26(33-21(19)14-8-2-1-3-9-14)22(29)15-10-4-5-11-16(15)23(26)30/h1-13,19-21H. The largest absolute Gasteiger partial charge is 0.349 e. The Hall–Kier alpha value is -3.42. The molecule has 2 amide bonds. The molecule has 1 spiro atoms. The third kappa shape index (κ3) is 2.52. The highest BCUT2D eigenvalue weighted by Crippen LogP contribution is 2.58. The van der Waals surface area contributed by atoms with E-state index in [1.165, 1.54) is 0 Å². The zero-order valence-electron chi connectivity index (χ0n) is 17.1. The summed E-state index contributed by atoms with van der Waals surface area (Å²) in [5.74, 6) is -4.48. The summed E-state index contributed by atoms with van der Waals surface area (Å²) in [5, 5.41) is 0. The van der Waals surface area contributed by atoms with Crippen molar-refractivity contribution in [3.8, 4) is 0 Å². The Balaban J connectivity index is 1.57. The molecule has 3 aliphatic rings. The number of nitrogens with zero attached hydrogens (tertiary/aromatic N) is 1. The van der Waals surface area contributed by atoms with Crippen LogP contribution in [0.4, 0.5) is 5.69 Å². The Morgan fingerprint density at radius 3 is 1.94 bits per heavy atom. The van der Waals surface area contributed by atoms with E-state index in [9.17, 15) is 19.2 Å². The number of anilines is 1. The van der Waals surface area contributed by atoms with Gasteiger partial charge in [0.2, 0.25) is 29.0 Å². The van der Waals surface area contributed by atoms with Crippen LogP contribution in [0, 0.1) is 11.8 Å². The molecule has 2 saturated heterocycles. The first-order chi connectivity index (χ1) is 16.0. The minimum Gasteiger partial charge on any atom is -0.349 e. The van der Waals surface area contributed by atoms with Crippen LogP contribution in [0.15, 0.2) is 83.3 Å². The second-order valence-electron chi connectivity index (χ2n) is 8.36. The minimum absolute atomic E-state index is 0.217. The predicted molar refractivity (Wildman–Crippen MR) is 122 cm³/mol. The molecule has 2 fully saturated rings. The maximum Gasteiger partial charge on any atom is 0.241 e. The van der Waals surface area contributed by atoms with Gasteiger partial charge in [-0.1, -0.05) is 66.7 Å². The molecule has 0 radical (unpaired) electrons. The first-order valence-electron chi connectivity index (χ1n) is 10.5. The summed E-state index contributed by atoms with van der Waals surface area (Å²) in [6.07, 6.45) is -0.914. The lowest BCUT2D eigenvalue weighted by atomic mass is 9.77. The van der Waals surface area contributed by atoms with Crippen molar-refractivity contribution in [3.05, 3.63) is 100 Å². The van der Waals surface area contributed by atoms with Gasteiger partial charge in [0.25, 0.3) is 0 Å². The van der Waals surface area contributed by atoms with Gasteiger partial charge in [-0.3, -0.25) is 19.2 Å². The van der Waals surface area contributed by atoms with Crippen LogP contribution >= 0.6 is 15.9 Å². The van der Waals surface area contributed by atoms with Crippen molar-refractivity contribution in [1.29, 1.82) is 0 Å². The zero-order valence-corrected chi connectivity index (χ0v) is 18.7. The van der Waals surface area contributed by atoms with Crippen LogP contribution in [-0.4, -0.2) is 29.0 Å². The van der Waals surface area contributed by atoms with Crippen molar-refractivity contribution in [1.82, 2.24) is 0 Å². The molecule has 162 valence electrons. The van der Waals surface area contributed by atoms with Crippen LogP contribution in [0.3, 0.4) is 0 Å². The Morgan fingerprint density at radius 2 is 1.30 bits per heavy atom. The van der Waals surface area contributed by atoms with Crippen LogP contribution in [0.2, 0.25) is 0 Å². The number of rotatable bonds is 2. The van der Waals surface area contributed by atoms with E-state index >= 15 is 0 Å². The number of ether oxygens (including phenoxy) is 1. The summed E-state index contributed by atoms with van der Waals surface area (Å²) >= 11 is 3.41. The van der Waals surface area contributed by atoms with Gasteiger partial charge in [-0.25, -0.2) is 4.90 Å². The van der Waals surface area contributed by atoms with E-state index in [1.807, 2.05) is 6.07 Å². The molecule has 0 bridgehead atoms. The SMILES string of the molecule is O=C1C2C(c3ccccc3)OC3(C(=O)c4ccccc4C3=O)C2C(=O)N1c1ccccc1Br. The highest BCUT2D eigenvalue weighted by molar-refractivity contribution is 9.10. The third-order valence-corrected chi connectivity index (χ3v) is 7.41. The Labute approximate surface area is 197 Å². The normalized spacial score (nSPS) is 25.1. The predicted octanol–water partition coefficient (Wildman–Crippen LogP) is 4.14. The Morgan fingerprint density at radius 1 is 0.727 bits per heavy atom. The van der Waals surface area contributed by atoms with Gasteiger partial charge in [0.05, 0.1) is 23.6 Å². The van der Waals surface area contributed by atoms with Gasteiger partial charge in [0.1, 0.15) is 0 Å². The fourth-order valence-electron chi connectivity index (χ4n) is 5.33. The second kappa shape index (κ2) is 7.04. The first-order valence-corrected chi connectivity index (χ1v) is 11.3. The highest BCUT2D eigenvalue weighted by Gasteiger charge is 2.74. The molecule has 0 saturated carbocycles. The monoisotopic (exact) mass is 501 g/mol. The molecule has 1 aliphatic carbocycles. The van der Waals surface area contributed by atoms with Gasteiger partial charge in [-0.05, 0) is 33.6 Å². The van der Waals surface area contributed by atoms with Crippen molar-refractivity contribution in [2.24, 2.45) is 11.8 Å².